The highest BCUT2D eigenvalue weighted by atomic mass is 19.1. The monoisotopic (exact) mass is 377 g/mol. The van der Waals surface area contributed by atoms with Crippen LogP contribution in [-0.2, 0) is 4.79 Å². The fraction of sp³-hybridized carbons (Fsp3) is 0.400. The summed E-state index contributed by atoms with van der Waals surface area (Å²) in [6.45, 7) is -0.0809. The van der Waals surface area contributed by atoms with Crippen LogP contribution in [0.4, 0.5) is 8.78 Å². The Balaban J connectivity index is 1.72. The van der Waals surface area contributed by atoms with Gasteiger partial charge in [0.1, 0.15) is 6.10 Å². The van der Waals surface area contributed by atoms with Gasteiger partial charge in [-0.1, -0.05) is 6.07 Å². The number of aliphatic carboxylic acids is 1. The van der Waals surface area contributed by atoms with Crippen molar-refractivity contribution in [2.45, 2.75) is 44.6 Å². The third-order valence-corrected chi connectivity index (χ3v) is 4.39. The lowest BCUT2D eigenvalue weighted by Crippen LogP contribution is -2.11. The molecule has 7 heteroatoms. The molecule has 0 spiro atoms. The van der Waals surface area contributed by atoms with Crippen molar-refractivity contribution in [1.82, 2.24) is 4.98 Å². The van der Waals surface area contributed by atoms with E-state index in [0.29, 0.717) is 11.6 Å². The van der Waals surface area contributed by atoms with E-state index < -0.39 is 23.4 Å². The standard InChI is InChI=1S/C20H21F2NO4/c21-15-11-13(12-16(22)20(15)26-10-4-9-19(24)25)17-7-3-8-18(23-17)27-14-5-1-2-6-14/h3,7-8,11-12,14H,1-2,4-6,9-10H2,(H,24,25). The van der Waals surface area contributed by atoms with Gasteiger partial charge < -0.3 is 14.6 Å². The molecule has 1 fully saturated rings. The van der Waals surface area contributed by atoms with Gasteiger partial charge in [-0.2, -0.15) is 0 Å². The summed E-state index contributed by atoms with van der Waals surface area (Å²) in [5, 5.41) is 8.57. The molecule has 1 saturated carbocycles. The SMILES string of the molecule is O=C(O)CCCOc1c(F)cc(-c2cccc(OC3CCCC3)n2)cc1F. The second kappa shape index (κ2) is 8.79. The molecule has 0 bridgehead atoms. The Kier molecular flexibility index (Phi) is 6.21. The van der Waals surface area contributed by atoms with Crippen LogP contribution in [0.1, 0.15) is 38.5 Å². The number of carboxylic acid groups (broad SMARTS) is 1. The lowest BCUT2D eigenvalue weighted by molar-refractivity contribution is -0.137. The first kappa shape index (κ1) is 19.1. The number of rotatable bonds is 8. The van der Waals surface area contributed by atoms with Crippen molar-refractivity contribution in [2.75, 3.05) is 6.61 Å². The minimum Gasteiger partial charge on any atom is -0.488 e. The van der Waals surface area contributed by atoms with Gasteiger partial charge in [0.2, 0.25) is 5.88 Å². The van der Waals surface area contributed by atoms with Crippen molar-refractivity contribution in [3.63, 3.8) is 0 Å². The molecule has 0 saturated heterocycles. The van der Waals surface area contributed by atoms with Crippen molar-refractivity contribution < 1.29 is 28.2 Å². The Morgan fingerprint density at radius 2 is 1.89 bits per heavy atom. The number of carbonyl (C=O) groups is 1. The van der Waals surface area contributed by atoms with Crippen molar-refractivity contribution in [3.05, 3.63) is 42.0 Å². The number of halogens is 2. The fourth-order valence-electron chi connectivity index (χ4n) is 3.06. The molecule has 2 aromatic rings. The van der Waals surface area contributed by atoms with Crippen molar-refractivity contribution >= 4 is 5.97 Å². The molecule has 1 heterocycles. The topological polar surface area (TPSA) is 68.7 Å². The Morgan fingerprint density at radius 3 is 2.56 bits per heavy atom. The van der Waals surface area contributed by atoms with Crippen LogP contribution in [-0.4, -0.2) is 28.8 Å². The maximum Gasteiger partial charge on any atom is 0.303 e. The lowest BCUT2D eigenvalue weighted by atomic mass is 10.1. The second-order valence-electron chi connectivity index (χ2n) is 6.50. The number of pyridine rings is 1. The molecule has 144 valence electrons. The molecule has 3 rings (SSSR count). The minimum absolute atomic E-state index is 0.0809. The van der Waals surface area contributed by atoms with Gasteiger partial charge in [-0.3, -0.25) is 4.79 Å². The molecule has 0 radical (unpaired) electrons. The molecule has 1 aliphatic rings. The van der Waals surface area contributed by atoms with Crippen LogP contribution >= 0.6 is 0 Å². The van der Waals surface area contributed by atoms with Crippen LogP contribution in [0.2, 0.25) is 0 Å². The van der Waals surface area contributed by atoms with Crippen LogP contribution < -0.4 is 9.47 Å². The quantitative estimate of drug-likeness (QED) is 0.682. The molecule has 5 nitrogen and oxygen atoms in total. The highest BCUT2D eigenvalue weighted by molar-refractivity contribution is 5.66. The average molecular weight is 377 g/mol. The third kappa shape index (κ3) is 5.15. The Labute approximate surface area is 156 Å². The van der Waals surface area contributed by atoms with E-state index in [1.165, 1.54) is 0 Å². The van der Waals surface area contributed by atoms with Crippen molar-refractivity contribution in [3.8, 4) is 22.9 Å². The summed E-state index contributed by atoms with van der Waals surface area (Å²) in [6.07, 6.45) is 4.43. The van der Waals surface area contributed by atoms with Gasteiger partial charge in [-0.15, -0.1) is 0 Å². The van der Waals surface area contributed by atoms with Crippen molar-refractivity contribution in [1.29, 1.82) is 0 Å². The molecule has 1 aromatic carbocycles. The van der Waals surface area contributed by atoms with Gasteiger partial charge in [0.25, 0.3) is 0 Å². The van der Waals surface area contributed by atoms with Gasteiger partial charge in [-0.05, 0) is 50.3 Å². The molecule has 0 aliphatic heterocycles. The first-order valence-corrected chi connectivity index (χ1v) is 9.00. The first-order chi connectivity index (χ1) is 13.0. The smallest absolute Gasteiger partial charge is 0.303 e. The summed E-state index contributed by atoms with van der Waals surface area (Å²) in [5.74, 6) is -2.77. The highest BCUT2D eigenvalue weighted by Gasteiger charge is 2.18. The second-order valence-corrected chi connectivity index (χ2v) is 6.50. The van der Waals surface area contributed by atoms with Gasteiger partial charge >= 0.3 is 5.97 Å². The predicted octanol–water partition coefficient (Wildman–Crippen LogP) is 4.59. The van der Waals surface area contributed by atoms with Crippen LogP contribution in [0.5, 0.6) is 11.6 Å². The van der Waals surface area contributed by atoms with Crippen LogP contribution in [0.15, 0.2) is 30.3 Å². The fourth-order valence-corrected chi connectivity index (χ4v) is 3.06. The Bertz CT molecular complexity index is 783. The summed E-state index contributed by atoms with van der Waals surface area (Å²) >= 11 is 0. The molecule has 1 aliphatic carbocycles. The average Bonchev–Trinajstić information content (AvgIpc) is 3.13. The third-order valence-electron chi connectivity index (χ3n) is 4.39. The largest absolute Gasteiger partial charge is 0.488 e. The van der Waals surface area contributed by atoms with Crippen LogP contribution in [0.3, 0.4) is 0 Å². The Hall–Kier alpha value is -2.70. The maximum absolute atomic E-state index is 14.3. The molecule has 27 heavy (non-hydrogen) atoms. The minimum atomic E-state index is -0.985. The number of nitrogens with zero attached hydrogens (tertiary/aromatic N) is 1. The number of benzene rings is 1. The summed E-state index contributed by atoms with van der Waals surface area (Å²) in [6, 6.07) is 7.42. The highest BCUT2D eigenvalue weighted by Crippen LogP contribution is 2.30. The molecular weight excluding hydrogens is 356 g/mol. The molecular formula is C20H21F2NO4. The van der Waals surface area contributed by atoms with E-state index in [1.807, 2.05) is 0 Å². The first-order valence-electron chi connectivity index (χ1n) is 9.00. The molecule has 0 unspecified atom stereocenters. The van der Waals surface area contributed by atoms with Gasteiger partial charge in [0, 0.05) is 18.1 Å². The van der Waals surface area contributed by atoms with E-state index in [4.69, 9.17) is 14.6 Å². The zero-order valence-electron chi connectivity index (χ0n) is 14.8. The summed E-state index contributed by atoms with van der Waals surface area (Å²) in [7, 11) is 0. The molecule has 0 atom stereocenters. The van der Waals surface area contributed by atoms with E-state index >= 15 is 0 Å². The summed E-state index contributed by atoms with van der Waals surface area (Å²) in [4.78, 5) is 14.8. The van der Waals surface area contributed by atoms with E-state index in [9.17, 15) is 13.6 Å². The predicted molar refractivity (Wildman–Crippen MR) is 94.8 cm³/mol. The van der Waals surface area contributed by atoms with Crippen LogP contribution in [0, 0.1) is 11.6 Å². The molecule has 1 aromatic heterocycles. The molecule has 1 N–H and O–H groups in total. The van der Waals surface area contributed by atoms with Gasteiger partial charge in [0.05, 0.1) is 12.3 Å². The van der Waals surface area contributed by atoms with Crippen LogP contribution in [0.25, 0.3) is 11.3 Å². The van der Waals surface area contributed by atoms with E-state index in [1.54, 1.807) is 18.2 Å². The summed E-state index contributed by atoms with van der Waals surface area (Å²) in [5.41, 5.74) is 0.681. The molecule has 0 amide bonds. The van der Waals surface area contributed by atoms with E-state index in [0.717, 1.165) is 37.8 Å². The zero-order chi connectivity index (χ0) is 19.2. The number of hydrogen-bond acceptors (Lipinski definition) is 4. The normalized spacial score (nSPS) is 14.3. The van der Waals surface area contributed by atoms with Gasteiger partial charge in [0.15, 0.2) is 17.4 Å². The zero-order valence-corrected chi connectivity index (χ0v) is 14.8. The maximum atomic E-state index is 14.3. The van der Waals surface area contributed by atoms with E-state index in [2.05, 4.69) is 4.98 Å². The van der Waals surface area contributed by atoms with E-state index in [-0.39, 0.29) is 31.1 Å². The number of aromatic nitrogens is 1. The summed E-state index contributed by atoms with van der Waals surface area (Å²) < 4.78 is 39.4. The van der Waals surface area contributed by atoms with Crippen molar-refractivity contribution in [2.24, 2.45) is 0 Å². The number of ether oxygens (including phenoxy) is 2. The lowest BCUT2D eigenvalue weighted by Gasteiger charge is -2.13. The number of carboxylic acids is 1. The van der Waals surface area contributed by atoms with Gasteiger partial charge in [-0.25, -0.2) is 13.8 Å². The number of hydrogen-bond donors (Lipinski definition) is 1. The Morgan fingerprint density at radius 1 is 1.19 bits per heavy atom.